The van der Waals surface area contributed by atoms with Crippen LogP contribution in [0.4, 0.5) is 11.5 Å². The first-order chi connectivity index (χ1) is 13.7. The zero-order chi connectivity index (χ0) is 19.1. The fraction of sp³-hybridized carbons (Fsp3) is 0.333. The lowest BCUT2D eigenvalue weighted by Crippen LogP contribution is -2.36. The summed E-state index contributed by atoms with van der Waals surface area (Å²) in [5.74, 6) is 1.76. The maximum Gasteiger partial charge on any atom is 0.146 e. The van der Waals surface area contributed by atoms with E-state index in [0.717, 1.165) is 65.9 Å². The van der Waals surface area contributed by atoms with Gasteiger partial charge in [-0.3, -0.25) is 4.90 Å². The molecule has 4 aromatic rings. The van der Waals surface area contributed by atoms with E-state index < -0.39 is 0 Å². The number of H-pyrrole nitrogens is 1. The Bertz CT molecular complexity index is 1140. The highest BCUT2D eigenvalue weighted by Gasteiger charge is 2.18. The molecule has 0 aliphatic carbocycles. The lowest BCUT2D eigenvalue weighted by Gasteiger charge is -2.25. The standard InChI is InChI=1S/C21H23N5OS/c1-13-14(2)28-21-19(13)20(23-16-3-4-17-15(11-16)5-6-22-17)24-18(25-21)12-26-7-9-27-10-8-26/h3-6,11,22H,7-10,12H2,1-2H3,(H,23,24,25). The van der Waals surface area contributed by atoms with Gasteiger partial charge in [-0.2, -0.15) is 0 Å². The minimum Gasteiger partial charge on any atom is -0.379 e. The van der Waals surface area contributed by atoms with Gasteiger partial charge in [0.15, 0.2) is 0 Å². The fourth-order valence-corrected chi connectivity index (χ4v) is 4.73. The van der Waals surface area contributed by atoms with Crippen LogP contribution in [0.2, 0.25) is 0 Å². The fourth-order valence-electron chi connectivity index (χ4n) is 3.68. The molecule has 7 heteroatoms. The molecule has 1 aliphatic heterocycles. The topological polar surface area (TPSA) is 66.1 Å². The molecule has 3 aromatic heterocycles. The zero-order valence-corrected chi connectivity index (χ0v) is 16.9. The number of morpholine rings is 1. The van der Waals surface area contributed by atoms with Crippen molar-refractivity contribution in [1.82, 2.24) is 19.9 Å². The summed E-state index contributed by atoms with van der Waals surface area (Å²) in [6.07, 6.45) is 1.96. The predicted molar refractivity (Wildman–Crippen MR) is 115 cm³/mol. The molecule has 5 rings (SSSR count). The Morgan fingerprint density at radius 3 is 2.89 bits per heavy atom. The maximum atomic E-state index is 5.46. The van der Waals surface area contributed by atoms with Crippen molar-refractivity contribution in [2.24, 2.45) is 0 Å². The smallest absolute Gasteiger partial charge is 0.146 e. The van der Waals surface area contributed by atoms with E-state index in [1.54, 1.807) is 11.3 Å². The van der Waals surface area contributed by atoms with Gasteiger partial charge in [-0.25, -0.2) is 9.97 Å². The van der Waals surface area contributed by atoms with Crippen LogP contribution in [-0.2, 0) is 11.3 Å². The van der Waals surface area contributed by atoms with Gasteiger partial charge < -0.3 is 15.0 Å². The Morgan fingerprint density at radius 1 is 1.18 bits per heavy atom. The molecule has 1 saturated heterocycles. The quantitative estimate of drug-likeness (QED) is 0.539. The first-order valence-electron chi connectivity index (χ1n) is 9.58. The summed E-state index contributed by atoms with van der Waals surface area (Å²) in [5, 5.41) is 5.87. The van der Waals surface area contributed by atoms with Crippen molar-refractivity contribution in [3.05, 3.63) is 46.7 Å². The van der Waals surface area contributed by atoms with Crippen molar-refractivity contribution in [2.75, 3.05) is 31.6 Å². The molecular weight excluding hydrogens is 370 g/mol. The number of fused-ring (bicyclic) bond motifs is 2. The number of hydrogen-bond donors (Lipinski definition) is 2. The van der Waals surface area contributed by atoms with Crippen LogP contribution in [0.15, 0.2) is 30.5 Å². The van der Waals surface area contributed by atoms with Crippen LogP contribution in [-0.4, -0.2) is 46.2 Å². The molecule has 28 heavy (non-hydrogen) atoms. The van der Waals surface area contributed by atoms with Crippen molar-refractivity contribution >= 4 is 44.0 Å². The first kappa shape index (κ1) is 17.6. The second-order valence-electron chi connectivity index (χ2n) is 7.25. The molecule has 0 atom stereocenters. The highest BCUT2D eigenvalue weighted by Crippen LogP contribution is 2.35. The first-order valence-corrected chi connectivity index (χ1v) is 10.4. The van der Waals surface area contributed by atoms with E-state index in [1.165, 1.54) is 15.8 Å². The Morgan fingerprint density at radius 2 is 2.04 bits per heavy atom. The molecule has 2 N–H and O–H groups in total. The van der Waals surface area contributed by atoms with Gasteiger partial charge in [0, 0.05) is 40.8 Å². The summed E-state index contributed by atoms with van der Waals surface area (Å²) >= 11 is 1.74. The molecule has 6 nitrogen and oxygen atoms in total. The van der Waals surface area contributed by atoms with Gasteiger partial charge in [0.25, 0.3) is 0 Å². The van der Waals surface area contributed by atoms with Crippen molar-refractivity contribution in [3.8, 4) is 0 Å². The van der Waals surface area contributed by atoms with Crippen LogP contribution < -0.4 is 5.32 Å². The van der Waals surface area contributed by atoms with E-state index in [4.69, 9.17) is 14.7 Å². The van der Waals surface area contributed by atoms with E-state index in [1.807, 2.05) is 6.20 Å². The zero-order valence-electron chi connectivity index (χ0n) is 16.1. The van der Waals surface area contributed by atoms with E-state index in [2.05, 4.69) is 53.3 Å². The van der Waals surface area contributed by atoms with Crippen LogP contribution in [0.25, 0.3) is 21.1 Å². The van der Waals surface area contributed by atoms with E-state index >= 15 is 0 Å². The van der Waals surface area contributed by atoms with Gasteiger partial charge in [0.1, 0.15) is 16.5 Å². The van der Waals surface area contributed by atoms with Gasteiger partial charge in [-0.05, 0) is 43.7 Å². The lowest BCUT2D eigenvalue weighted by molar-refractivity contribution is 0.0331. The maximum absolute atomic E-state index is 5.46. The number of anilines is 2. The average Bonchev–Trinajstić information content (AvgIpc) is 3.27. The molecule has 1 aliphatic rings. The number of hydrogen-bond acceptors (Lipinski definition) is 6. The third-order valence-electron chi connectivity index (χ3n) is 5.36. The third-order valence-corrected chi connectivity index (χ3v) is 6.46. The summed E-state index contributed by atoms with van der Waals surface area (Å²) in [6, 6.07) is 8.41. The van der Waals surface area contributed by atoms with E-state index in [0.29, 0.717) is 0 Å². The SMILES string of the molecule is Cc1sc2nc(CN3CCOCC3)nc(Nc3ccc4[nH]ccc4c3)c2c1C. The summed E-state index contributed by atoms with van der Waals surface area (Å²) < 4.78 is 5.46. The van der Waals surface area contributed by atoms with E-state index in [-0.39, 0.29) is 0 Å². The number of aryl methyl sites for hydroxylation is 2. The Balaban J connectivity index is 1.54. The Labute approximate surface area is 167 Å². The minimum atomic E-state index is 0.751. The Kier molecular flexibility index (Phi) is 4.50. The number of thiophene rings is 1. The monoisotopic (exact) mass is 393 g/mol. The van der Waals surface area contributed by atoms with Crippen LogP contribution >= 0.6 is 11.3 Å². The van der Waals surface area contributed by atoms with Gasteiger partial charge in [-0.15, -0.1) is 11.3 Å². The predicted octanol–water partition coefficient (Wildman–Crippen LogP) is 4.37. The number of benzene rings is 1. The molecule has 0 unspecified atom stereocenters. The minimum absolute atomic E-state index is 0.751. The molecule has 0 bridgehead atoms. The summed E-state index contributed by atoms with van der Waals surface area (Å²) in [5.41, 5.74) is 3.42. The van der Waals surface area contributed by atoms with Crippen LogP contribution in [0.1, 0.15) is 16.3 Å². The van der Waals surface area contributed by atoms with Crippen molar-refractivity contribution < 1.29 is 4.74 Å². The summed E-state index contributed by atoms with van der Waals surface area (Å²) in [4.78, 5) is 17.7. The number of aromatic nitrogens is 3. The number of ether oxygens (including phenoxy) is 1. The largest absolute Gasteiger partial charge is 0.379 e. The highest BCUT2D eigenvalue weighted by atomic mass is 32.1. The van der Waals surface area contributed by atoms with Crippen molar-refractivity contribution in [2.45, 2.75) is 20.4 Å². The lowest BCUT2D eigenvalue weighted by atomic mass is 10.2. The molecular formula is C21H23N5OS. The van der Waals surface area contributed by atoms with Crippen LogP contribution in [0.3, 0.4) is 0 Å². The molecule has 0 radical (unpaired) electrons. The second-order valence-corrected chi connectivity index (χ2v) is 8.45. The summed E-state index contributed by atoms with van der Waals surface area (Å²) in [7, 11) is 0. The van der Waals surface area contributed by atoms with Gasteiger partial charge in [0.05, 0.1) is 25.1 Å². The number of rotatable bonds is 4. The number of nitrogens with one attached hydrogen (secondary N) is 2. The molecule has 0 saturated carbocycles. The molecule has 4 heterocycles. The van der Waals surface area contributed by atoms with Gasteiger partial charge >= 0.3 is 0 Å². The van der Waals surface area contributed by atoms with Crippen LogP contribution in [0, 0.1) is 13.8 Å². The third kappa shape index (κ3) is 3.26. The van der Waals surface area contributed by atoms with Gasteiger partial charge in [0.2, 0.25) is 0 Å². The van der Waals surface area contributed by atoms with Crippen molar-refractivity contribution in [1.29, 1.82) is 0 Å². The van der Waals surface area contributed by atoms with Crippen molar-refractivity contribution in [3.63, 3.8) is 0 Å². The number of aromatic amines is 1. The Hall–Kier alpha value is -2.48. The molecule has 1 aromatic carbocycles. The molecule has 0 spiro atoms. The van der Waals surface area contributed by atoms with Crippen LogP contribution in [0.5, 0.6) is 0 Å². The van der Waals surface area contributed by atoms with Gasteiger partial charge in [-0.1, -0.05) is 0 Å². The highest BCUT2D eigenvalue weighted by molar-refractivity contribution is 7.18. The molecule has 144 valence electrons. The van der Waals surface area contributed by atoms with E-state index in [9.17, 15) is 0 Å². The second kappa shape index (κ2) is 7.16. The normalized spacial score (nSPS) is 15.5. The molecule has 0 amide bonds. The average molecular weight is 394 g/mol. The molecule has 1 fully saturated rings. The summed E-state index contributed by atoms with van der Waals surface area (Å²) in [6.45, 7) is 8.47. The number of nitrogens with zero attached hydrogens (tertiary/aromatic N) is 3.